The van der Waals surface area contributed by atoms with Crippen LogP contribution in [0.3, 0.4) is 0 Å². The van der Waals surface area contributed by atoms with Crippen molar-refractivity contribution in [1.29, 1.82) is 0 Å². The first-order valence-corrected chi connectivity index (χ1v) is 8.37. The first-order valence-electron chi connectivity index (χ1n) is 5.71. The molecule has 20 heavy (non-hydrogen) atoms. The van der Waals surface area contributed by atoms with Gasteiger partial charge < -0.3 is 11.1 Å². The summed E-state index contributed by atoms with van der Waals surface area (Å²) in [6.07, 6.45) is 0. The summed E-state index contributed by atoms with van der Waals surface area (Å²) in [7, 11) is 0. The van der Waals surface area contributed by atoms with E-state index in [4.69, 9.17) is 5.73 Å². The summed E-state index contributed by atoms with van der Waals surface area (Å²) in [6.45, 7) is 1.98. The average Bonchev–Trinajstić information content (AvgIpc) is 2.36. The van der Waals surface area contributed by atoms with Gasteiger partial charge in [0, 0.05) is 18.2 Å². The second kappa shape index (κ2) is 6.44. The molecule has 104 valence electrons. The van der Waals surface area contributed by atoms with Crippen molar-refractivity contribution in [3.8, 4) is 0 Å². The fraction of sp³-hybridized carbons (Fsp3) is 0.0714. The van der Waals surface area contributed by atoms with E-state index < -0.39 is 0 Å². The Morgan fingerprint density at radius 2 is 1.85 bits per heavy atom. The summed E-state index contributed by atoms with van der Waals surface area (Å²) in [5.74, 6) is -0.149. The Morgan fingerprint density at radius 3 is 2.45 bits per heavy atom. The molecule has 3 nitrogen and oxygen atoms in total. The van der Waals surface area contributed by atoms with E-state index in [0.29, 0.717) is 16.9 Å². The third kappa shape index (κ3) is 3.35. The Bertz CT molecular complexity index is 666. The number of nitrogens with two attached hydrogens (primary N) is 1. The fourth-order valence-electron chi connectivity index (χ4n) is 1.72. The van der Waals surface area contributed by atoms with Crippen LogP contribution in [0.25, 0.3) is 0 Å². The summed E-state index contributed by atoms with van der Waals surface area (Å²) >= 11 is 8.99. The second-order valence-electron chi connectivity index (χ2n) is 4.25. The van der Waals surface area contributed by atoms with Crippen molar-refractivity contribution in [1.82, 2.24) is 0 Å². The molecule has 2 rings (SSSR count). The summed E-state index contributed by atoms with van der Waals surface area (Å²) in [5, 5.41) is 2.90. The van der Waals surface area contributed by atoms with Crippen molar-refractivity contribution in [2.75, 3.05) is 11.1 Å². The van der Waals surface area contributed by atoms with E-state index in [2.05, 4.69) is 59.8 Å². The highest BCUT2D eigenvalue weighted by Crippen LogP contribution is 2.34. The van der Waals surface area contributed by atoms with Gasteiger partial charge in [-0.3, -0.25) is 4.79 Å². The van der Waals surface area contributed by atoms with Gasteiger partial charge in [0.1, 0.15) is 0 Å². The molecule has 0 spiro atoms. The van der Waals surface area contributed by atoms with E-state index in [9.17, 15) is 4.79 Å². The van der Waals surface area contributed by atoms with E-state index >= 15 is 0 Å². The van der Waals surface area contributed by atoms with E-state index in [0.717, 1.165) is 18.1 Å². The minimum atomic E-state index is -0.149. The number of rotatable bonds is 2. The number of anilines is 2. The Balaban J connectivity index is 2.36. The third-order valence-electron chi connectivity index (χ3n) is 2.74. The minimum Gasteiger partial charge on any atom is -0.399 e. The average molecular weight is 510 g/mol. The lowest BCUT2D eigenvalue weighted by atomic mass is 10.1. The number of carbonyl (C=O) groups excluding carboxylic acids is 1. The van der Waals surface area contributed by atoms with Crippen LogP contribution >= 0.6 is 54.5 Å². The van der Waals surface area contributed by atoms with Crippen LogP contribution in [0.4, 0.5) is 11.4 Å². The molecule has 6 heteroatoms. The van der Waals surface area contributed by atoms with E-state index in [1.807, 2.05) is 25.1 Å². The Kier molecular flexibility index (Phi) is 5.09. The molecule has 0 aliphatic carbocycles. The molecule has 1 amide bonds. The molecule has 0 aliphatic heterocycles. The van der Waals surface area contributed by atoms with Gasteiger partial charge in [0.25, 0.3) is 5.91 Å². The molecule has 0 aromatic heterocycles. The van der Waals surface area contributed by atoms with Gasteiger partial charge in [-0.15, -0.1) is 0 Å². The number of carbonyl (C=O) groups is 1. The van der Waals surface area contributed by atoms with Crippen molar-refractivity contribution >= 4 is 71.7 Å². The lowest BCUT2D eigenvalue weighted by Gasteiger charge is -2.12. The van der Waals surface area contributed by atoms with Crippen LogP contribution in [0, 0.1) is 10.5 Å². The highest BCUT2D eigenvalue weighted by Gasteiger charge is 2.15. The molecule has 0 saturated heterocycles. The quantitative estimate of drug-likeness (QED) is 0.444. The van der Waals surface area contributed by atoms with Gasteiger partial charge in [0.05, 0.1) is 11.3 Å². The molecule has 0 bridgehead atoms. The maximum Gasteiger partial charge on any atom is 0.256 e. The minimum absolute atomic E-state index is 0.149. The predicted molar refractivity (Wildman–Crippen MR) is 98.1 cm³/mol. The molecule has 0 atom stereocenters. The van der Waals surface area contributed by atoms with E-state index in [1.54, 1.807) is 12.1 Å². The first kappa shape index (κ1) is 15.8. The van der Waals surface area contributed by atoms with Gasteiger partial charge in [-0.05, 0) is 85.1 Å². The zero-order valence-electron chi connectivity index (χ0n) is 10.5. The van der Waals surface area contributed by atoms with Crippen LogP contribution in [0.5, 0.6) is 0 Å². The van der Waals surface area contributed by atoms with Gasteiger partial charge >= 0.3 is 0 Å². The standard InChI is InChI=1S/C14H11Br2IN2O/c1-7-3-2-4-9(12(7)17)14(20)19-13-10(15)5-8(18)6-11(13)16/h2-6H,18H2,1H3,(H,19,20). The van der Waals surface area contributed by atoms with Crippen LogP contribution < -0.4 is 11.1 Å². The van der Waals surface area contributed by atoms with E-state index in [1.165, 1.54) is 0 Å². The molecule has 0 unspecified atom stereocenters. The van der Waals surface area contributed by atoms with Crippen molar-refractivity contribution in [2.45, 2.75) is 6.92 Å². The Morgan fingerprint density at radius 1 is 1.25 bits per heavy atom. The van der Waals surface area contributed by atoms with Crippen LogP contribution in [0.15, 0.2) is 39.3 Å². The number of nitrogen functional groups attached to an aromatic ring is 1. The Labute approximate surface area is 147 Å². The summed E-state index contributed by atoms with van der Waals surface area (Å²) in [4.78, 5) is 12.4. The topological polar surface area (TPSA) is 55.1 Å². The molecule has 0 fully saturated rings. The highest BCUT2D eigenvalue weighted by molar-refractivity contribution is 14.1. The molecule has 0 radical (unpaired) electrons. The zero-order chi connectivity index (χ0) is 14.9. The Hall–Kier alpha value is -0.600. The lowest BCUT2D eigenvalue weighted by molar-refractivity contribution is 0.102. The number of benzene rings is 2. The molecule has 2 aromatic carbocycles. The first-order chi connectivity index (χ1) is 9.40. The molecule has 2 aromatic rings. The van der Waals surface area contributed by atoms with Crippen molar-refractivity contribution in [2.24, 2.45) is 0 Å². The number of nitrogens with one attached hydrogen (secondary N) is 1. The zero-order valence-corrected chi connectivity index (χ0v) is 15.8. The van der Waals surface area contributed by atoms with Gasteiger partial charge in [-0.25, -0.2) is 0 Å². The van der Waals surface area contributed by atoms with E-state index in [-0.39, 0.29) is 5.91 Å². The highest BCUT2D eigenvalue weighted by atomic mass is 127. The normalized spacial score (nSPS) is 10.4. The lowest BCUT2D eigenvalue weighted by Crippen LogP contribution is -2.14. The van der Waals surface area contributed by atoms with Gasteiger partial charge in [0.15, 0.2) is 0 Å². The van der Waals surface area contributed by atoms with Crippen LogP contribution in [-0.2, 0) is 0 Å². The third-order valence-corrected chi connectivity index (χ3v) is 5.42. The number of halogens is 3. The van der Waals surface area contributed by atoms with Gasteiger partial charge in [0.2, 0.25) is 0 Å². The van der Waals surface area contributed by atoms with Crippen molar-refractivity contribution in [3.63, 3.8) is 0 Å². The number of hydrogen-bond acceptors (Lipinski definition) is 2. The SMILES string of the molecule is Cc1cccc(C(=O)Nc2c(Br)cc(N)cc2Br)c1I. The van der Waals surface area contributed by atoms with Gasteiger partial charge in [-0.1, -0.05) is 12.1 Å². The maximum absolute atomic E-state index is 12.4. The molecule has 0 saturated carbocycles. The maximum atomic E-state index is 12.4. The van der Waals surface area contributed by atoms with Crippen molar-refractivity contribution in [3.05, 3.63) is 54.0 Å². The molecular formula is C14H11Br2IN2O. The van der Waals surface area contributed by atoms with Crippen LogP contribution in [-0.4, -0.2) is 5.91 Å². The summed E-state index contributed by atoms with van der Waals surface area (Å²) in [6, 6.07) is 9.17. The molecular weight excluding hydrogens is 499 g/mol. The predicted octanol–water partition coefficient (Wildman–Crippen LogP) is 4.96. The van der Waals surface area contributed by atoms with Crippen LogP contribution in [0.2, 0.25) is 0 Å². The second-order valence-corrected chi connectivity index (χ2v) is 7.04. The molecule has 0 heterocycles. The smallest absolute Gasteiger partial charge is 0.256 e. The van der Waals surface area contributed by atoms with Crippen molar-refractivity contribution < 1.29 is 4.79 Å². The van der Waals surface area contributed by atoms with Gasteiger partial charge in [-0.2, -0.15) is 0 Å². The fourth-order valence-corrected chi connectivity index (χ4v) is 3.74. The number of amides is 1. The van der Waals surface area contributed by atoms with Crippen LogP contribution in [0.1, 0.15) is 15.9 Å². The summed E-state index contributed by atoms with van der Waals surface area (Å²) < 4.78 is 2.42. The number of hydrogen-bond donors (Lipinski definition) is 2. The molecule has 0 aliphatic rings. The molecule has 3 N–H and O–H groups in total. The largest absolute Gasteiger partial charge is 0.399 e. The number of aryl methyl sites for hydroxylation is 1. The monoisotopic (exact) mass is 508 g/mol. The summed E-state index contributed by atoms with van der Waals surface area (Å²) in [5.41, 5.74) is 8.76.